The van der Waals surface area contributed by atoms with E-state index >= 15 is 0 Å². The predicted octanol–water partition coefficient (Wildman–Crippen LogP) is 4.94. The number of fused-ring (bicyclic) bond motifs is 4. The number of nitrogens with zero attached hydrogens (tertiary/aromatic N) is 7. The number of rotatable bonds is 5. The summed E-state index contributed by atoms with van der Waals surface area (Å²) >= 11 is 12.4. The van der Waals surface area contributed by atoms with Crippen LogP contribution >= 0.6 is 23.2 Å². The molecule has 0 radical (unpaired) electrons. The maximum atomic E-state index is 13.8. The number of hydrogen-bond donors (Lipinski definition) is 2. The lowest BCUT2D eigenvalue weighted by molar-refractivity contribution is -0.129. The van der Waals surface area contributed by atoms with Gasteiger partial charge < -0.3 is 15.3 Å². The van der Waals surface area contributed by atoms with Crippen molar-refractivity contribution in [1.29, 1.82) is 0 Å². The average molecular weight is 622 g/mol. The zero-order chi connectivity index (χ0) is 30.1. The highest BCUT2D eigenvalue weighted by atomic mass is 35.5. The van der Waals surface area contributed by atoms with E-state index in [2.05, 4.69) is 20.7 Å². The molecule has 2 aliphatic rings. The van der Waals surface area contributed by atoms with E-state index in [9.17, 15) is 14.7 Å². The van der Waals surface area contributed by atoms with Crippen LogP contribution in [0, 0.1) is 5.92 Å². The average Bonchev–Trinajstić information content (AvgIpc) is 3.61. The number of aromatic nitrogens is 6. The van der Waals surface area contributed by atoms with Crippen molar-refractivity contribution in [2.24, 2.45) is 5.92 Å². The number of pyridine rings is 1. The molecule has 43 heavy (non-hydrogen) atoms. The molecule has 0 saturated heterocycles. The Morgan fingerprint density at radius 3 is 2.77 bits per heavy atom. The quantitative estimate of drug-likeness (QED) is 0.323. The van der Waals surface area contributed by atoms with Crippen molar-refractivity contribution < 1.29 is 14.7 Å². The molecule has 3 aromatic heterocycles. The minimum absolute atomic E-state index is 0.0937. The van der Waals surface area contributed by atoms with Gasteiger partial charge in [0.25, 0.3) is 0 Å². The number of anilines is 1. The third-order valence-electron chi connectivity index (χ3n) is 7.96. The third kappa shape index (κ3) is 5.93. The zero-order valence-corrected chi connectivity index (χ0v) is 25.0. The normalized spacial score (nSPS) is 19.3. The van der Waals surface area contributed by atoms with Gasteiger partial charge in [-0.05, 0) is 55.2 Å². The molecule has 13 heteroatoms. The summed E-state index contributed by atoms with van der Waals surface area (Å²) in [5, 5.41) is 25.8. The van der Waals surface area contributed by atoms with Gasteiger partial charge in [-0.15, -0.1) is 5.10 Å². The highest BCUT2D eigenvalue weighted by molar-refractivity contribution is 6.31. The van der Waals surface area contributed by atoms with Gasteiger partial charge in [0.2, 0.25) is 11.8 Å². The lowest BCUT2D eigenvalue weighted by atomic mass is 9.93. The number of aliphatic hydroxyl groups is 1. The Morgan fingerprint density at radius 1 is 1.14 bits per heavy atom. The molecule has 2 atom stereocenters. The molecule has 0 fully saturated rings. The number of nitrogens with one attached hydrogen (secondary N) is 1. The first-order chi connectivity index (χ1) is 20.8. The largest absolute Gasteiger partial charge is 0.394 e. The van der Waals surface area contributed by atoms with Crippen molar-refractivity contribution in [3.05, 3.63) is 76.4 Å². The molecule has 1 aromatic carbocycles. The Balaban J connectivity index is 1.37. The van der Waals surface area contributed by atoms with Crippen molar-refractivity contribution in [3.63, 3.8) is 0 Å². The first kappa shape index (κ1) is 29.0. The number of amides is 2. The molecule has 2 amide bonds. The van der Waals surface area contributed by atoms with Gasteiger partial charge in [-0.25, -0.2) is 4.68 Å². The second-order valence-electron chi connectivity index (χ2n) is 10.8. The summed E-state index contributed by atoms with van der Waals surface area (Å²) in [4.78, 5) is 33.4. The number of hydrogen-bond acceptors (Lipinski definition) is 7. The van der Waals surface area contributed by atoms with Gasteiger partial charge in [-0.1, -0.05) is 41.8 Å². The molecule has 2 unspecified atom stereocenters. The Kier molecular flexibility index (Phi) is 8.29. The highest BCUT2D eigenvalue weighted by Crippen LogP contribution is 2.37. The Bertz CT molecular complexity index is 1710. The van der Waals surface area contributed by atoms with Crippen LogP contribution in [0.2, 0.25) is 10.2 Å². The third-order valence-corrected chi connectivity index (χ3v) is 8.37. The maximum absolute atomic E-state index is 13.8. The second kappa shape index (κ2) is 12.3. The van der Waals surface area contributed by atoms with Gasteiger partial charge in [0, 0.05) is 40.9 Å². The fourth-order valence-electron chi connectivity index (χ4n) is 5.79. The van der Waals surface area contributed by atoms with Crippen LogP contribution in [0.1, 0.15) is 49.9 Å². The minimum atomic E-state index is -0.300. The van der Waals surface area contributed by atoms with Crippen molar-refractivity contribution >= 4 is 46.3 Å². The molecule has 2 aliphatic heterocycles. The molecule has 0 saturated carbocycles. The molecule has 5 heterocycles. The molecular formula is C30H30Cl2N8O3. The topological polar surface area (TPSA) is 131 Å². The van der Waals surface area contributed by atoms with Gasteiger partial charge in [-0.3, -0.25) is 19.3 Å². The molecule has 6 rings (SSSR count). The van der Waals surface area contributed by atoms with Crippen LogP contribution in [0.15, 0.2) is 55.0 Å². The summed E-state index contributed by atoms with van der Waals surface area (Å²) in [6.07, 6.45) is 9.19. The highest BCUT2D eigenvalue weighted by Gasteiger charge is 2.31. The molecular weight excluding hydrogens is 591 g/mol. The Hall–Kier alpha value is -4.06. The van der Waals surface area contributed by atoms with E-state index in [0.717, 1.165) is 34.5 Å². The van der Waals surface area contributed by atoms with Crippen LogP contribution in [-0.4, -0.2) is 64.7 Å². The minimum Gasteiger partial charge on any atom is -0.394 e. The van der Waals surface area contributed by atoms with Crippen LogP contribution in [0.3, 0.4) is 0 Å². The van der Waals surface area contributed by atoms with Crippen LogP contribution in [0.4, 0.5) is 5.69 Å². The van der Waals surface area contributed by atoms with E-state index in [4.69, 9.17) is 28.2 Å². The summed E-state index contributed by atoms with van der Waals surface area (Å²) in [6, 6.07) is 8.91. The van der Waals surface area contributed by atoms with Crippen LogP contribution in [0.25, 0.3) is 22.5 Å². The fraction of sp³-hybridized carbons (Fsp3) is 0.333. The predicted molar refractivity (Wildman–Crippen MR) is 163 cm³/mol. The first-order valence-corrected chi connectivity index (χ1v) is 14.9. The fourth-order valence-corrected chi connectivity index (χ4v) is 6.09. The second-order valence-corrected chi connectivity index (χ2v) is 11.6. The first-order valence-electron chi connectivity index (χ1n) is 14.2. The van der Waals surface area contributed by atoms with Crippen molar-refractivity contribution in [2.45, 2.75) is 45.2 Å². The van der Waals surface area contributed by atoms with Crippen LogP contribution in [0.5, 0.6) is 0 Å². The molecule has 2 bridgehead atoms. The molecule has 11 nitrogen and oxygen atoms in total. The zero-order valence-electron chi connectivity index (χ0n) is 23.5. The lowest BCUT2D eigenvalue weighted by Gasteiger charge is -2.34. The van der Waals surface area contributed by atoms with Crippen molar-refractivity contribution in [1.82, 2.24) is 34.7 Å². The maximum Gasteiger partial charge on any atom is 0.247 e. The van der Waals surface area contributed by atoms with E-state index in [1.54, 1.807) is 40.1 Å². The summed E-state index contributed by atoms with van der Waals surface area (Å²) in [6.45, 7) is 2.53. The van der Waals surface area contributed by atoms with Crippen LogP contribution < -0.4 is 5.32 Å². The molecule has 4 aromatic rings. The summed E-state index contributed by atoms with van der Waals surface area (Å²) in [5.41, 5.74) is 5.15. The summed E-state index contributed by atoms with van der Waals surface area (Å²) in [7, 11) is 0. The number of halogens is 2. The van der Waals surface area contributed by atoms with E-state index < -0.39 is 0 Å². The van der Waals surface area contributed by atoms with Gasteiger partial charge in [0.1, 0.15) is 0 Å². The number of carbonyl (C=O) groups is 2. The van der Waals surface area contributed by atoms with Crippen molar-refractivity contribution in [2.75, 3.05) is 18.5 Å². The van der Waals surface area contributed by atoms with Crippen LogP contribution in [-0.2, 0) is 16.1 Å². The number of benzene rings is 1. The standard InChI is InChI=1S/C30H30Cl2N8O3/c1-18-3-2-4-26(23-13-20(7-9-33-23)29-24(35-30(18)43)16-34-39(29)11-12-41)38-10-8-19(14-28(38)42)22-15-21(31)5-6-25(22)40-17-27(32)36-37-40/h5-7,9,13-18,26,41H,2-4,8,10-12H2,1H3,(H,35,43). The monoisotopic (exact) mass is 620 g/mol. The molecule has 0 aliphatic carbocycles. The Morgan fingerprint density at radius 2 is 2.00 bits per heavy atom. The molecule has 0 spiro atoms. The van der Waals surface area contributed by atoms with Gasteiger partial charge >= 0.3 is 0 Å². The summed E-state index contributed by atoms with van der Waals surface area (Å²) in [5.74, 6) is -0.468. The van der Waals surface area contributed by atoms with Gasteiger partial charge in [0.05, 0.1) is 54.3 Å². The van der Waals surface area contributed by atoms with E-state index in [1.807, 2.05) is 36.1 Å². The van der Waals surface area contributed by atoms with E-state index in [1.165, 1.54) is 0 Å². The SMILES string of the molecule is CC1CCCC(N2CCC(c3cc(Cl)ccc3-n3cc(Cl)nn3)=CC2=O)c2cc(ccn2)-c2c(cnn2CCO)NC1=O. The van der Waals surface area contributed by atoms with E-state index in [0.29, 0.717) is 42.2 Å². The van der Waals surface area contributed by atoms with E-state index in [-0.39, 0.29) is 42.1 Å². The lowest BCUT2D eigenvalue weighted by Crippen LogP contribution is -2.38. The molecule has 2 N–H and O–H groups in total. The molecule has 222 valence electrons. The smallest absolute Gasteiger partial charge is 0.247 e. The number of aliphatic hydroxyl groups excluding tert-OH is 1. The van der Waals surface area contributed by atoms with Gasteiger partial charge in [-0.2, -0.15) is 5.10 Å². The van der Waals surface area contributed by atoms with Crippen molar-refractivity contribution in [3.8, 4) is 16.9 Å². The van der Waals surface area contributed by atoms with Gasteiger partial charge in [0.15, 0.2) is 5.15 Å². The summed E-state index contributed by atoms with van der Waals surface area (Å²) < 4.78 is 3.24. The number of carbonyl (C=O) groups excluding carboxylic acids is 2. The Labute approximate surface area is 258 Å².